The molecule has 1 saturated heterocycles. The number of likely N-dealkylation sites (N-methyl/N-ethyl adjacent to an activating group) is 1. The standard InChI is InChI=1S/C20H33F2N5O2/c1-3-23-20(24-9-10-27-13-11-26(4-2)12-14-27)25-15-18(28)16-5-7-17(8-6-16)29-19(21)22/h5-8,18-19,28H,3-4,9-15H2,1-2H3,(H2,23,24,25). The molecule has 3 N–H and O–H groups in total. The van der Waals surface area contributed by atoms with E-state index in [9.17, 15) is 13.9 Å². The minimum atomic E-state index is -2.86. The molecule has 1 unspecified atom stereocenters. The number of hydrogen-bond donors (Lipinski definition) is 3. The molecule has 0 saturated carbocycles. The maximum atomic E-state index is 12.2. The summed E-state index contributed by atoms with van der Waals surface area (Å²) < 4.78 is 28.7. The number of hydrogen-bond acceptors (Lipinski definition) is 5. The summed E-state index contributed by atoms with van der Waals surface area (Å²) in [4.78, 5) is 9.31. The molecule has 2 rings (SSSR count). The van der Waals surface area contributed by atoms with E-state index in [4.69, 9.17) is 0 Å². The van der Waals surface area contributed by atoms with Crippen LogP contribution in [0.3, 0.4) is 0 Å². The Balaban J connectivity index is 1.78. The van der Waals surface area contributed by atoms with Gasteiger partial charge in [-0.25, -0.2) is 0 Å². The van der Waals surface area contributed by atoms with Gasteiger partial charge >= 0.3 is 6.61 Å². The number of nitrogens with zero attached hydrogens (tertiary/aromatic N) is 3. The number of rotatable bonds is 10. The van der Waals surface area contributed by atoms with Crippen LogP contribution in [0.1, 0.15) is 25.5 Å². The third-order valence-electron chi connectivity index (χ3n) is 4.89. The van der Waals surface area contributed by atoms with Crippen molar-refractivity contribution < 1.29 is 18.6 Å². The van der Waals surface area contributed by atoms with Crippen LogP contribution < -0.4 is 15.4 Å². The Kier molecular flexibility index (Phi) is 10.1. The lowest BCUT2D eigenvalue weighted by Crippen LogP contribution is -2.49. The lowest BCUT2D eigenvalue weighted by Gasteiger charge is -2.34. The Labute approximate surface area is 171 Å². The molecule has 9 heteroatoms. The van der Waals surface area contributed by atoms with Crippen LogP contribution in [-0.2, 0) is 0 Å². The molecule has 0 bridgehead atoms. The predicted octanol–water partition coefficient (Wildman–Crippen LogP) is 1.51. The summed E-state index contributed by atoms with van der Waals surface area (Å²) in [5.74, 6) is 0.714. The highest BCUT2D eigenvalue weighted by Crippen LogP contribution is 2.19. The molecular weight excluding hydrogens is 380 g/mol. The summed E-state index contributed by atoms with van der Waals surface area (Å²) in [5, 5.41) is 16.8. The highest BCUT2D eigenvalue weighted by atomic mass is 19.3. The molecule has 1 atom stereocenters. The molecule has 1 aromatic carbocycles. The fourth-order valence-corrected chi connectivity index (χ4v) is 3.16. The van der Waals surface area contributed by atoms with E-state index in [1.807, 2.05) is 6.92 Å². The fraction of sp³-hybridized carbons (Fsp3) is 0.650. The molecule has 7 nitrogen and oxygen atoms in total. The van der Waals surface area contributed by atoms with Gasteiger partial charge in [-0.15, -0.1) is 0 Å². The van der Waals surface area contributed by atoms with Gasteiger partial charge in [0.2, 0.25) is 0 Å². The van der Waals surface area contributed by atoms with Gasteiger partial charge in [0.15, 0.2) is 5.96 Å². The van der Waals surface area contributed by atoms with Crippen LogP contribution in [0.15, 0.2) is 29.3 Å². The van der Waals surface area contributed by atoms with Crippen LogP contribution in [0.2, 0.25) is 0 Å². The molecular formula is C20H33F2N5O2. The Morgan fingerprint density at radius 2 is 1.76 bits per heavy atom. The van der Waals surface area contributed by atoms with E-state index < -0.39 is 12.7 Å². The third-order valence-corrected chi connectivity index (χ3v) is 4.89. The second-order valence-corrected chi connectivity index (χ2v) is 6.89. The van der Waals surface area contributed by atoms with Gasteiger partial charge in [-0.05, 0) is 31.2 Å². The molecule has 0 amide bonds. The topological polar surface area (TPSA) is 72.4 Å². The first-order chi connectivity index (χ1) is 14.0. The van der Waals surface area contributed by atoms with E-state index in [-0.39, 0.29) is 12.3 Å². The van der Waals surface area contributed by atoms with Crippen molar-refractivity contribution in [2.45, 2.75) is 26.6 Å². The molecule has 0 spiro atoms. The van der Waals surface area contributed by atoms with Crippen molar-refractivity contribution in [3.05, 3.63) is 29.8 Å². The number of alkyl halides is 2. The quantitative estimate of drug-likeness (QED) is 0.399. The summed E-state index contributed by atoms with van der Waals surface area (Å²) >= 11 is 0. The summed E-state index contributed by atoms with van der Waals surface area (Å²) in [6.07, 6.45) is -0.826. The van der Waals surface area contributed by atoms with Crippen molar-refractivity contribution in [1.82, 2.24) is 20.4 Å². The molecule has 164 valence electrons. The zero-order valence-electron chi connectivity index (χ0n) is 17.3. The van der Waals surface area contributed by atoms with E-state index in [2.05, 4.69) is 37.1 Å². The first-order valence-corrected chi connectivity index (χ1v) is 10.2. The van der Waals surface area contributed by atoms with Crippen molar-refractivity contribution in [2.24, 2.45) is 4.99 Å². The van der Waals surface area contributed by atoms with E-state index in [1.165, 1.54) is 12.1 Å². The monoisotopic (exact) mass is 413 g/mol. The van der Waals surface area contributed by atoms with E-state index >= 15 is 0 Å². The van der Waals surface area contributed by atoms with Gasteiger partial charge in [0.1, 0.15) is 5.75 Å². The number of ether oxygens (including phenoxy) is 1. The van der Waals surface area contributed by atoms with E-state index in [0.29, 0.717) is 11.5 Å². The Morgan fingerprint density at radius 1 is 1.10 bits per heavy atom. The Morgan fingerprint density at radius 3 is 2.34 bits per heavy atom. The van der Waals surface area contributed by atoms with Crippen LogP contribution in [0, 0.1) is 0 Å². The van der Waals surface area contributed by atoms with Crippen LogP contribution in [-0.4, -0.2) is 86.4 Å². The smallest absolute Gasteiger partial charge is 0.387 e. The van der Waals surface area contributed by atoms with Crippen LogP contribution in [0.4, 0.5) is 8.78 Å². The lowest BCUT2D eigenvalue weighted by molar-refractivity contribution is -0.0498. The van der Waals surface area contributed by atoms with Gasteiger partial charge in [0, 0.05) is 45.8 Å². The summed E-state index contributed by atoms with van der Waals surface area (Å²) in [6.45, 7) is 9.39. The van der Waals surface area contributed by atoms with Gasteiger partial charge in [-0.1, -0.05) is 19.1 Å². The number of guanidine groups is 1. The molecule has 1 heterocycles. The van der Waals surface area contributed by atoms with Crippen LogP contribution in [0.5, 0.6) is 5.75 Å². The number of aliphatic hydroxyl groups excluding tert-OH is 1. The second kappa shape index (κ2) is 12.6. The molecule has 0 radical (unpaired) electrons. The molecule has 1 aliphatic heterocycles. The van der Waals surface area contributed by atoms with Crippen molar-refractivity contribution in [1.29, 1.82) is 0 Å². The maximum Gasteiger partial charge on any atom is 0.387 e. The normalized spacial score (nSPS) is 17.4. The highest BCUT2D eigenvalue weighted by Gasteiger charge is 2.15. The van der Waals surface area contributed by atoms with Crippen LogP contribution in [0.25, 0.3) is 0 Å². The molecule has 1 fully saturated rings. The Hall–Kier alpha value is -1.97. The van der Waals surface area contributed by atoms with E-state index in [1.54, 1.807) is 12.1 Å². The van der Waals surface area contributed by atoms with Gasteiger partial charge in [0.05, 0.1) is 12.6 Å². The van der Waals surface area contributed by atoms with Gasteiger partial charge in [0.25, 0.3) is 0 Å². The van der Waals surface area contributed by atoms with Gasteiger partial charge in [-0.2, -0.15) is 8.78 Å². The number of benzene rings is 1. The lowest BCUT2D eigenvalue weighted by atomic mass is 10.1. The zero-order chi connectivity index (χ0) is 21.1. The molecule has 1 aromatic rings. The average molecular weight is 414 g/mol. The first kappa shape index (κ1) is 23.3. The minimum Gasteiger partial charge on any atom is -0.435 e. The second-order valence-electron chi connectivity index (χ2n) is 6.89. The van der Waals surface area contributed by atoms with Crippen molar-refractivity contribution in [3.8, 4) is 5.75 Å². The largest absolute Gasteiger partial charge is 0.435 e. The van der Waals surface area contributed by atoms with Gasteiger partial charge in [-0.3, -0.25) is 9.89 Å². The van der Waals surface area contributed by atoms with Gasteiger partial charge < -0.3 is 25.4 Å². The minimum absolute atomic E-state index is 0.0641. The molecule has 0 aromatic heterocycles. The average Bonchev–Trinajstić information content (AvgIpc) is 2.72. The maximum absolute atomic E-state index is 12.2. The Bertz CT molecular complexity index is 607. The summed E-state index contributed by atoms with van der Waals surface area (Å²) in [6, 6.07) is 5.95. The SMILES string of the molecule is CCNC(=NCC(O)c1ccc(OC(F)F)cc1)NCCN1CCN(CC)CC1. The summed E-state index contributed by atoms with van der Waals surface area (Å²) in [7, 11) is 0. The highest BCUT2D eigenvalue weighted by molar-refractivity contribution is 5.79. The van der Waals surface area contributed by atoms with Crippen LogP contribution >= 0.6 is 0 Å². The van der Waals surface area contributed by atoms with Crippen molar-refractivity contribution >= 4 is 5.96 Å². The first-order valence-electron chi connectivity index (χ1n) is 10.2. The number of nitrogens with one attached hydrogen (secondary N) is 2. The predicted molar refractivity (Wildman–Crippen MR) is 111 cm³/mol. The third kappa shape index (κ3) is 8.51. The zero-order valence-corrected chi connectivity index (χ0v) is 17.3. The van der Waals surface area contributed by atoms with Crippen molar-refractivity contribution in [3.63, 3.8) is 0 Å². The molecule has 1 aliphatic rings. The number of halogens is 2. The van der Waals surface area contributed by atoms with Crippen molar-refractivity contribution in [2.75, 3.05) is 58.9 Å². The number of aliphatic hydroxyl groups is 1. The number of piperazine rings is 1. The van der Waals surface area contributed by atoms with E-state index in [0.717, 1.165) is 52.4 Å². The number of aliphatic imine (C=N–C) groups is 1. The summed E-state index contributed by atoms with van der Waals surface area (Å²) in [5.41, 5.74) is 0.597. The molecule has 29 heavy (non-hydrogen) atoms. The fourth-order valence-electron chi connectivity index (χ4n) is 3.16. The molecule has 0 aliphatic carbocycles.